The number of rotatable bonds is 7. The predicted molar refractivity (Wildman–Crippen MR) is 96.1 cm³/mol. The zero-order chi connectivity index (χ0) is 15.6. The highest BCUT2D eigenvalue weighted by Gasteiger charge is 2.33. The van der Waals surface area contributed by atoms with Crippen molar-refractivity contribution in [2.45, 2.75) is 40.0 Å². The molecule has 0 bridgehead atoms. The molecule has 0 aliphatic heterocycles. The lowest BCUT2D eigenvalue weighted by atomic mass is 9.83. The van der Waals surface area contributed by atoms with E-state index < -0.39 is 0 Å². The van der Waals surface area contributed by atoms with Crippen LogP contribution in [0, 0.1) is 24.7 Å². The van der Waals surface area contributed by atoms with Gasteiger partial charge in [0.05, 0.1) is 0 Å². The lowest BCUT2D eigenvalue weighted by Crippen LogP contribution is -2.11. The summed E-state index contributed by atoms with van der Waals surface area (Å²) in [7, 11) is 0. The van der Waals surface area contributed by atoms with E-state index in [1.165, 1.54) is 40.7 Å². The zero-order valence-electron chi connectivity index (χ0n) is 13.8. The van der Waals surface area contributed by atoms with Gasteiger partial charge in [-0.3, -0.25) is 0 Å². The number of benzene rings is 1. The minimum atomic E-state index is 0.734. The van der Waals surface area contributed by atoms with Crippen LogP contribution in [0.3, 0.4) is 0 Å². The summed E-state index contributed by atoms with van der Waals surface area (Å²) in [6.07, 6.45) is 7.78. The third-order valence-corrected chi connectivity index (χ3v) is 4.90. The van der Waals surface area contributed by atoms with Crippen molar-refractivity contribution in [3.05, 3.63) is 54.1 Å². The molecule has 2 rings (SSSR count). The number of hydrogen-bond acceptors (Lipinski definition) is 0. The molecule has 1 fully saturated rings. The summed E-state index contributed by atoms with van der Waals surface area (Å²) >= 11 is 0. The molecule has 1 aromatic rings. The molecular weight excluding hydrogens is 252 g/mol. The van der Waals surface area contributed by atoms with Gasteiger partial charge < -0.3 is 0 Å². The molecule has 112 valence electrons. The van der Waals surface area contributed by atoms with Gasteiger partial charge in [-0.2, -0.15) is 0 Å². The summed E-state index contributed by atoms with van der Waals surface area (Å²) in [5, 5.41) is 0. The van der Waals surface area contributed by atoms with E-state index in [1.54, 1.807) is 0 Å². The van der Waals surface area contributed by atoms with Gasteiger partial charge in [-0.15, -0.1) is 0 Å². The normalized spacial score (nSPS) is 15.8. The van der Waals surface area contributed by atoms with Gasteiger partial charge in [-0.1, -0.05) is 45.7 Å². The maximum atomic E-state index is 4.37. The van der Waals surface area contributed by atoms with Crippen molar-refractivity contribution in [3.63, 3.8) is 0 Å². The van der Waals surface area contributed by atoms with Crippen molar-refractivity contribution >= 4 is 17.7 Å². The Hall–Kier alpha value is -1.56. The molecule has 0 N–H and O–H groups in total. The third kappa shape index (κ3) is 3.56. The van der Waals surface area contributed by atoms with E-state index in [4.69, 9.17) is 0 Å². The fraction of sp³-hybridized carbons (Fsp3) is 0.429. The summed E-state index contributed by atoms with van der Waals surface area (Å²) in [5.41, 5.74) is 6.13. The predicted octanol–water partition coefficient (Wildman–Crippen LogP) is 6.37. The highest BCUT2D eigenvalue weighted by molar-refractivity contribution is 5.72. The number of hydrogen-bond donors (Lipinski definition) is 0. The molecule has 0 heteroatoms. The SMILES string of the molecule is C=Cc1cc(C(=C)CC(C(C)C)C2CC2)cc(C=C)c1C. The van der Waals surface area contributed by atoms with Crippen molar-refractivity contribution in [1.82, 2.24) is 0 Å². The molecule has 0 heterocycles. The van der Waals surface area contributed by atoms with Crippen LogP contribution in [0.1, 0.15) is 55.4 Å². The van der Waals surface area contributed by atoms with Crippen molar-refractivity contribution < 1.29 is 0 Å². The van der Waals surface area contributed by atoms with Gasteiger partial charge in [0.25, 0.3) is 0 Å². The first kappa shape index (κ1) is 15.8. The molecule has 0 spiro atoms. The highest BCUT2D eigenvalue weighted by atomic mass is 14.4. The fourth-order valence-electron chi connectivity index (χ4n) is 3.26. The molecule has 1 saturated carbocycles. The van der Waals surface area contributed by atoms with Crippen LogP contribution in [0.15, 0.2) is 31.9 Å². The molecule has 0 saturated heterocycles. The first-order valence-electron chi connectivity index (χ1n) is 8.05. The zero-order valence-corrected chi connectivity index (χ0v) is 13.8. The van der Waals surface area contributed by atoms with E-state index in [2.05, 4.69) is 52.6 Å². The Morgan fingerprint density at radius 3 is 2.10 bits per heavy atom. The van der Waals surface area contributed by atoms with E-state index in [0.717, 1.165) is 24.2 Å². The maximum absolute atomic E-state index is 4.37. The minimum absolute atomic E-state index is 0.734. The number of allylic oxidation sites excluding steroid dienone is 1. The van der Waals surface area contributed by atoms with Gasteiger partial charge in [-0.25, -0.2) is 0 Å². The summed E-state index contributed by atoms with van der Waals surface area (Å²) in [6.45, 7) is 19.0. The van der Waals surface area contributed by atoms with Gasteiger partial charge in [0.2, 0.25) is 0 Å². The van der Waals surface area contributed by atoms with Gasteiger partial charge in [-0.05, 0) is 83.9 Å². The third-order valence-electron chi connectivity index (χ3n) is 4.90. The Labute approximate surface area is 130 Å². The van der Waals surface area contributed by atoms with Crippen LogP contribution < -0.4 is 0 Å². The Morgan fingerprint density at radius 1 is 1.19 bits per heavy atom. The standard InChI is InChI=1S/C21H28/c1-7-17-12-20(13-18(8-2)16(17)6)15(5)11-21(14(3)4)19-9-10-19/h7-8,12-14,19,21H,1-2,5,9-11H2,3-4,6H3. The lowest BCUT2D eigenvalue weighted by Gasteiger charge is -2.22. The largest absolute Gasteiger partial charge is 0.0985 e. The quantitative estimate of drug-likeness (QED) is 0.544. The average molecular weight is 280 g/mol. The van der Waals surface area contributed by atoms with E-state index in [9.17, 15) is 0 Å². The van der Waals surface area contributed by atoms with Crippen LogP contribution in [0.5, 0.6) is 0 Å². The molecular formula is C21H28. The smallest absolute Gasteiger partial charge is 0.0218 e. The van der Waals surface area contributed by atoms with Crippen LogP contribution in [0.25, 0.3) is 17.7 Å². The molecule has 0 nitrogen and oxygen atoms in total. The van der Waals surface area contributed by atoms with Crippen LogP contribution in [-0.4, -0.2) is 0 Å². The van der Waals surface area contributed by atoms with Crippen molar-refractivity contribution in [3.8, 4) is 0 Å². The van der Waals surface area contributed by atoms with E-state index in [0.29, 0.717) is 0 Å². The van der Waals surface area contributed by atoms with Crippen LogP contribution in [0.2, 0.25) is 0 Å². The molecule has 1 atom stereocenters. The topological polar surface area (TPSA) is 0 Å². The molecule has 1 aliphatic rings. The van der Waals surface area contributed by atoms with Crippen LogP contribution >= 0.6 is 0 Å². The van der Waals surface area contributed by atoms with Crippen molar-refractivity contribution in [2.24, 2.45) is 17.8 Å². The van der Waals surface area contributed by atoms with Crippen molar-refractivity contribution in [1.29, 1.82) is 0 Å². The first-order chi connectivity index (χ1) is 9.97. The van der Waals surface area contributed by atoms with E-state index >= 15 is 0 Å². The van der Waals surface area contributed by atoms with E-state index in [-0.39, 0.29) is 0 Å². The molecule has 0 radical (unpaired) electrons. The molecule has 0 amide bonds. The van der Waals surface area contributed by atoms with Gasteiger partial charge >= 0.3 is 0 Å². The molecule has 0 aromatic heterocycles. The van der Waals surface area contributed by atoms with Gasteiger partial charge in [0, 0.05) is 0 Å². The van der Waals surface area contributed by atoms with Gasteiger partial charge in [0.1, 0.15) is 0 Å². The first-order valence-corrected chi connectivity index (χ1v) is 8.05. The summed E-state index contributed by atoms with van der Waals surface area (Å²) in [5.74, 6) is 2.43. The monoisotopic (exact) mass is 280 g/mol. The summed E-state index contributed by atoms with van der Waals surface area (Å²) in [6, 6.07) is 4.45. The Kier molecular flexibility index (Phi) is 4.88. The molecule has 21 heavy (non-hydrogen) atoms. The van der Waals surface area contributed by atoms with Crippen LogP contribution in [0.4, 0.5) is 0 Å². The van der Waals surface area contributed by atoms with Crippen LogP contribution in [-0.2, 0) is 0 Å². The van der Waals surface area contributed by atoms with Crippen molar-refractivity contribution in [2.75, 3.05) is 0 Å². The second-order valence-electron chi connectivity index (χ2n) is 6.74. The molecule has 1 aliphatic carbocycles. The van der Waals surface area contributed by atoms with E-state index in [1.807, 2.05) is 12.2 Å². The second kappa shape index (κ2) is 6.47. The Bertz CT molecular complexity index is 524. The molecule has 1 aromatic carbocycles. The lowest BCUT2D eigenvalue weighted by molar-refractivity contribution is 0.347. The summed E-state index contributed by atoms with van der Waals surface area (Å²) < 4.78 is 0. The Morgan fingerprint density at radius 2 is 1.71 bits per heavy atom. The fourth-order valence-corrected chi connectivity index (χ4v) is 3.26. The highest BCUT2D eigenvalue weighted by Crippen LogP contribution is 2.44. The Balaban J connectivity index is 2.26. The molecule has 1 unspecified atom stereocenters. The maximum Gasteiger partial charge on any atom is -0.0218 e. The van der Waals surface area contributed by atoms with Gasteiger partial charge in [0.15, 0.2) is 0 Å². The second-order valence-corrected chi connectivity index (χ2v) is 6.74. The minimum Gasteiger partial charge on any atom is -0.0985 e. The average Bonchev–Trinajstić information content (AvgIpc) is 3.28. The summed E-state index contributed by atoms with van der Waals surface area (Å²) in [4.78, 5) is 0.